The molecule has 4 nitrogen and oxygen atoms in total. The zero-order valence-corrected chi connectivity index (χ0v) is 6.71. The van der Waals surface area contributed by atoms with Crippen LogP contribution in [0, 0.1) is 0 Å². The first-order valence-corrected chi connectivity index (χ1v) is 3.64. The Morgan fingerprint density at radius 2 is 2.31 bits per heavy atom. The van der Waals surface area contributed by atoms with Crippen molar-refractivity contribution in [2.24, 2.45) is 0 Å². The van der Waals surface area contributed by atoms with Crippen LogP contribution in [0.5, 0.6) is 0 Å². The van der Waals surface area contributed by atoms with Gasteiger partial charge in [-0.25, -0.2) is 4.79 Å². The van der Waals surface area contributed by atoms with Gasteiger partial charge in [-0.05, 0) is 17.7 Å². The van der Waals surface area contributed by atoms with E-state index in [2.05, 4.69) is 0 Å². The van der Waals surface area contributed by atoms with E-state index >= 15 is 0 Å². The van der Waals surface area contributed by atoms with Gasteiger partial charge in [0.25, 0.3) is 0 Å². The highest BCUT2D eigenvalue weighted by Crippen LogP contribution is 2.11. The molecule has 1 rings (SSSR count). The molecule has 0 aliphatic heterocycles. The molecule has 0 radical (unpaired) electrons. The van der Waals surface area contributed by atoms with Gasteiger partial charge in [0.05, 0.1) is 1.37 Å². The molecule has 13 heavy (non-hydrogen) atoms. The van der Waals surface area contributed by atoms with Crippen LogP contribution >= 0.6 is 0 Å². The van der Waals surface area contributed by atoms with Gasteiger partial charge in [-0.3, -0.25) is 0 Å². The van der Waals surface area contributed by atoms with E-state index in [0.29, 0.717) is 5.57 Å². The first-order chi connectivity index (χ1) is 6.42. The molecule has 2 unspecified atom stereocenters. The molecule has 4 heteroatoms. The Morgan fingerprint density at radius 3 is 2.85 bits per heavy atom. The minimum absolute atomic E-state index is 0.442. The summed E-state index contributed by atoms with van der Waals surface area (Å²) < 4.78 is 7.17. The Morgan fingerprint density at radius 1 is 1.62 bits per heavy atom. The fourth-order valence-electron chi connectivity index (χ4n) is 0.882. The highest BCUT2D eigenvalue weighted by molar-refractivity contribution is 5.80. The molecule has 0 aromatic rings. The van der Waals surface area contributed by atoms with Gasteiger partial charge in [0.15, 0.2) is 0 Å². The Hall–Kier alpha value is -1.39. The SMILES string of the molecule is [2H]C1(O)C=CC(/C=C/C(=O)O)=CC1O. The van der Waals surface area contributed by atoms with E-state index < -0.39 is 18.2 Å². The lowest BCUT2D eigenvalue weighted by Crippen LogP contribution is -2.23. The van der Waals surface area contributed by atoms with Crippen molar-refractivity contribution in [3.63, 3.8) is 0 Å². The molecule has 1 aliphatic carbocycles. The summed E-state index contributed by atoms with van der Waals surface area (Å²) in [4.78, 5) is 10.2. The van der Waals surface area contributed by atoms with E-state index in [1.807, 2.05) is 0 Å². The van der Waals surface area contributed by atoms with Gasteiger partial charge in [0.2, 0.25) is 0 Å². The Bertz CT molecular complexity index is 328. The van der Waals surface area contributed by atoms with E-state index in [9.17, 15) is 15.0 Å². The van der Waals surface area contributed by atoms with Crippen molar-refractivity contribution in [1.82, 2.24) is 0 Å². The molecule has 70 valence electrons. The minimum atomic E-state index is -2.03. The van der Waals surface area contributed by atoms with Gasteiger partial charge >= 0.3 is 5.97 Å². The Labute approximate surface area is 76.5 Å². The second kappa shape index (κ2) is 4.02. The standard InChI is InChI=1S/C9H10O4/c10-7-3-1-6(5-8(7)11)2-4-9(12)13/h1-5,7-8,10-11H,(H,12,13)/b4-2+/i7D. The molecule has 2 atom stereocenters. The fourth-order valence-corrected chi connectivity index (χ4v) is 0.882. The van der Waals surface area contributed by atoms with Crippen molar-refractivity contribution in [2.45, 2.75) is 12.2 Å². The van der Waals surface area contributed by atoms with E-state index in [1.54, 1.807) is 0 Å². The average molecular weight is 183 g/mol. The number of rotatable bonds is 2. The number of aliphatic hydroxyl groups is 2. The van der Waals surface area contributed by atoms with Crippen LogP contribution in [-0.2, 0) is 4.79 Å². The molecular weight excluding hydrogens is 172 g/mol. The highest BCUT2D eigenvalue weighted by atomic mass is 16.4. The summed E-state index contributed by atoms with van der Waals surface area (Å²) in [7, 11) is 0. The number of carboxylic acid groups (broad SMARTS) is 1. The maximum Gasteiger partial charge on any atom is 0.328 e. The summed E-state index contributed by atoms with van der Waals surface area (Å²) in [5.74, 6) is -1.10. The lowest BCUT2D eigenvalue weighted by Gasteiger charge is -2.15. The monoisotopic (exact) mass is 183 g/mol. The lowest BCUT2D eigenvalue weighted by molar-refractivity contribution is -0.131. The van der Waals surface area contributed by atoms with Crippen LogP contribution in [0.15, 0.2) is 36.0 Å². The molecule has 0 fully saturated rings. The highest BCUT2D eigenvalue weighted by Gasteiger charge is 2.13. The quantitative estimate of drug-likeness (QED) is 0.520. The van der Waals surface area contributed by atoms with Crippen molar-refractivity contribution >= 4 is 5.97 Å². The normalized spacial score (nSPS) is 34.5. The van der Waals surface area contributed by atoms with Crippen LogP contribution in [-0.4, -0.2) is 33.5 Å². The molecule has 1 aliphatic rings. The molecule has 0 amide bonds. The Kier molecular flexibility index (Phi) is 2.54. The van der Waals surface area contributed by atoms with Crippen molar-refractivity contribution in [3.05, 3.63) is 36.0 Å². The van der Waals surface area contributed by atoms with Crippen molar-refractivity contribution in [2.75, 3.05) is 0 Å². The van der Waals surface area contributed by atoms with Gasteiger partial charge in [-0.15, -0.1) is 0 Å². The topological polar surface area (TPSA) is 77.8 Å². The molecule has 0 saturated carbocycles. The van der Waals surface area contributed by atoms with E-state index in [-0.39, 0.29) is 0 Å². The minimum Gasteiger partial charge on any atom is -0.478 e. The van der Waals surface area contributed by atoms with Crippen LogP contribution in [0.1, 0.15) is 1.37 Å². The zero-order chi connectivity index (χ0) is 10.8. The third-order valence-electron chi connectivity index (χ3n) is 1.52. The first-order valence-electron chi connectivity index (χ1n) is 4.14. The average Bonchev–Trinajstić information content (AvgIpc) is 2.07. The van der Waals surface area contributed by atoms with Crippen molar-refractivity contribution in [1.29, 1.82) is 0 Å². The summed E-state index contributed by atoms with van der Waals surface area (Å²) in [5.41, 5.74) is 0.442. The first kappa shape index (κ1) is 8.22. The number of hydrogen-bond acceptors (Lipinski definition) is 3. The predicted octanol–water partition coefficient (Wildman–Crippen LogP) is -0.155. The lowest BCUT2D eigenvalue weighted by atomic mass is 10.0. The summed E-state index contributed by atoms with van der Waals surface area (Å²) in [6.07, 6.45) is 2.50. The molecule has 0 saturated heterocycles. The zero-order valence-electron chi connectivity index (χ0n) is 7.71. The van der Waals surface area contributed by atoms with E-state index in [0.717, 1.165) is 12.2 Å². The molecule has 3 N–H and O–H groups in total. The number of allylic oxidation sites excluding steroid dienone is 3. The maximum absolute atomic E-state index is 10.2. The number of carboxylic acids is 1. The molecule has 0 heterocycles. The van der Waals surface area contributed by atoms with Crippen molar-refractivity contribution in [3.8, 4) is 0 Å². The van der Waals surface area contributed by atoms with Crippen molar-refractivity contribution < 1.29 is 21.5 Å². The second-order valence-electron chi connectivity index (χ2n) is 2.54. The number of hydrogen-bond donors (Lipinski definition) is 3. The summed E-state index contributed by atoms with van der Waals surface area (Å²) in [5, 5.41) is 26.7. The molecular formula is C9H10O4. The third kappa shape index (κ3) is 2.85. The van der Waals surface area contributed by atoms with Gasteiger partial charge in [0, 0.05) is 6.08 Å². The van der Waals surface area contributed by atoms with Gasteiger partial charge in [-0.1, -0.05) is 12.2 Å². The van der Waals surface area contributed by atoms with E-state index in [4.69, 9.17) is 6.48 Å². The summed E-state index contributed by atoms with van der Waals surface area (Å²) in [6.45, 7) is 0. The van der Waals surface area contributed by atoms with Gasteiger partial charge in [0.1, 0.15) is 12.2 Å². The van der Waals surface area contributed by atoms with Crippen LogP contribution in [0.25, 0.3) is 0 Å². The second-order valence-corrected chi connectivity index (χ2v) is 2.54. The molecule has 0 aromatic heterocycles. The predicted molar refractivity (Wildman–Crippen MR) is 46.0 cm³/mol. The van der Waals surface area contributed by atoms with E-state index in [1.165, 1.54) is 18.2 Å². The van der Waals surface area contributed by atoms with Gasteiger partial charge < -0.3 is 15.3 Å². The smallest absolute Gasteiger partial charge is 0.328 e. The Balaban J connectivity index is 2.78. The van der Waals surface area contributed by atoms with Crippen LogP contribution in [0.4, 0.5) is 0 Å². The maximum atomic E-state index is 10.2. The molecule has 0 bridgehead atoms. The van der Waals surface area contributed by atoms with Crippen LogP contribution in [0.2, 0.25) is 0 Å². The summed E-state index contributed by atoms with van der Waals surface area (Å²) >= 11 is 0. The summed E-state index contributed by atoms with van der Waals surface area (Å²) in [6, 6.07) is 0. The fraction of sp³-hybridized carbons (Fsp3) is 0.222. The van der Waals surface area contributed by atoms with Crippen LogP contribution in [0.3, 0.4) is 0 Å². The number of aliphatic carboxylic acids is 1. The number of aliphatic hydroxyl groups excluding tert-OH is 1. The number of carbonyl (C=O) groups is 1. The molecule has 0 aromatic carbocycles. The van der Waals surface area contributed by atoms with Gasteiger partial charge in [-0.2, -0.15) is 0 Å². The third-order valence-corrected chi connectivity index (χ3v) is 1.52. The largest absolute Gasteiger partial charge is 0.478 e. The molecule has 0 spiro atoms. The van der Waals surface area contributed by atoms with Crippen LogP contribution < -0.4 is 0 Å².